The fraction of sp³-hybridized carbons (Fsp3) is 0.467. The van der Waals surface area contributed by atoms with E-state index in [0.717, 1.165) is 18.4 Å². The smallest absolute Gasteiger partial charge is 0.233 e. The van der Waals surface area contributed by atoms with Crippen LogP contribution in [0.25, 0.3) is 0 Å². The van der Waals surface area contributed by atoms with Crippen LogP contribution in [0.4, 0.5) is 5.69 Å². The van der Waals surface area contributed by atoms with Crippen molar-refractivity contribution >= 4 is 11.6 Å². The minimum Gasteiger partial charge on any atom is -0.399 e. The fourth-order valence-electron chi connectivity index (χ4n) is 2.45. The maximum Gasteiger partial charge on any atom is 0.233 e. The van der Waals surface area contributed by atoms with E-state index in [0.29, 0.717) is 12.2 Å². The first kappa shape index (κ1) is 13.4. The lowest BCUT2D eigenvalue weighted by Crippen LogP contribution is -2.38. The van der Waals surface area contributed by atoms with Gasteiger partial charge in [0.25, 0.3) is 0 Å². The van der Waals surface area contributed by atoms with Crippen molar-refractivity contribution in [1.82, 2.24) is 4.90 Å². The summed E-state index contributed by atoms with van der Waals surface area (Å²) < 4.78 is 0. The van der Waals surface area contributed by atoms with Gasteiger partial charge in [-0.3, -0.25) is 4.79 Å². The number of amides is 1. The SMILES string of the molecule is CC(C#N)CN(C)C(=O)C1(c2ccc(N)cc2)CC1. The molecule has 1 amide bonds. The number of nitrogens with two attached hydrogens (primary N) is 1. The zero-order valence-corrected chi connectivity index (χ0v) is 11.4. The average Bonchev–Trinajstić information content (AvgIpc) is 3.20. The Morgan fingerprint density at radius 3 is 2.53 bits per heavy atom. The molecule has 1 aliphatic carbocycles. The molecule has 1 unspecified atom stereocenters. The summed E-state index contributed by atoms with van der Waals surface area (Å²) in [6.45, 7) is 2.30. The van der Waals surface area contributed by atoms with Gasteiger partial charge in [0.1, 0.15) is 0 Å². The van der Waals surface area contributed by atoms with Gasteiger partial charge in [-0.05, 0) is 37.5 Å². The Balaban J connectivity index is 2.14. The van der Waals surface area contributed by atoms with Crippen molar-refractivity contribution in [2.24, 2.45) is 5.92 Å². The van der Waals surface area contributed by atoms with Gasteiger partial charge in [-0.1, -0.05) is 12.1 Å². The second-order valence-corrected chi connectivity index (χ2v) is 5.42. The summed E-state index contributed by atoms with van der Waals surface area (Å²) in [4.78, 5) is 14.2. The van der Waals surface area contributed by atoms with Gasteiger partial charge in [0, 0.05) is 19.3 Å². The van der Waals surface area contributed by atoms with Gasteiger partial charge in [-0.25, -0.2) is 0 Å². The van der Waals surface area contributed by atoms with Crippen LogP contribution >= 0.6 is 0 Å². The van der Waals surface area contributed by atoms with E-state index in [1.165, 1.54) is 0 Å². The highest BCUT2D eigenvalue weighted by Gasteiger charge is 2.52. The Labute approximate surface area is 113 Å². The number of nitrogen functional groups attached to an aromatic ring is 1. The van der Waals surface area contributed by atoms with Crippen LogP contribution in [0.2, 0.25) is 0 Å². The predicted molar refractivity (Wildman–Crippen MR) is 74.2 cm³/mol. The molecule has 19 heavy (non-hydrogen) atoms. The standard InChI is InChI=1S/C15H19N3O/c1-11(9-16)10-18(2)14(19)15(7-8-15)12-3-5-13(17)6-4-12/h3-6,11H,7-8,10,17H2,1-2H3. The topological polar surface area (TPSA) is 70.1 Å². The molecule has 4 nitrogen and oxygen atoms in total. The van der Waals surface area contributed by atoms with Gasteiger partial charge in [-0.15, -0.1) is 0 Å². The van der Waals surface area contributed by atoms with Gasteiger partial charge in [-0.2, -0.15) is 5.26 Å². The maximum absolute atomic E-state index is 12.5. The number of rotatable bonds is 4. The number of hydrogen-bond acceptors (Lipinski definition) is 3. The molecule has 1 saturated carbocycles. The van der Waals surface area contributed by atoms with Crippen molar-refractivity contribution in [3.05, 3.63) is 29.8 Å². The number of likely N-dealkylation sites (N-methyl/N-ethyl adjacent to an activating group) is 1. The summed E-state index contributed by atoms with van der Waals surface area (Å²) in [5.74, 6) is -0.0319. The number of benzene rings is 1. The minimum atomic E-state index is -0.377. The van der Waals surface area contributed by atoms with E-state index in [4.69, 9.17) is 11.0 Å². The van der Waals surface area contributed by atoms with E-state index in [2.05, 4.69) is 6.07 Å². The third kappa shape index (κ3) is 2.55. The molecule has 1 atom stereocenters. The normalized spacial score (nSPS) is 17.3. The largest absolute Gasteiger partial charge is 0.399 e. The summed E-state index contributed by atoms with van der Waals surface area (Å²) in [5, 5.41) is 8.83. The monoisotopic (exact) mass is 257 g/mol. The van der Waals surface area contributed by atoms with Crippen molar-refractivity contribution < 1.29 is 4.79 Å². The predicted octanol–water partition coefficient (Wildman–Crippen LogP) is 1.92. The highest BCUT2D eigenvalue weighted by Crippen LogP contribution is 2.49. The molecule has 1 fully saturated rings. The second-order valence-electron chi connectivity index (χ2n) is 5.42. The van der Waals surface area contributed by atoms with E-state index in [1.807, 2.05) is 31.2 Å². The fourth-order valence-corrected chi connectivity index (χ4v) is 2.45. The van der Waals surface area contributed by atoms with Crippen LogP contribution in [-0.4, -0.2) is 24.4 Å². The molecule has 0 bridgehead atoms. The van der Waals surface area contributed by atoms with Crippen molar-refractivity contribution in [3.8, 4) is 6.07 Å². The molecule has 0 saturated heterocycles. The summed E-state index contributed by atoms with van der Waals surface area (Å²) in [6.07, 6.45) is 1.75. The number of anilines is 1. The van der Waals surface area contributed by atoms with E-state index in [9.17, 15) is 4.79 Å². The zero-order chi connectivity index (χ0) is 14.0. The molecule has 100 valence electrons. The van der Waals surface area contributed by atoms with Crippen molar-refractivity contribution in [2.75, 3.05) is 19.3 Å². The zero-order valence-electron chi connectivity index (χ0n) is 11.4. The molecule has 1 aliphatic rings. The third-order valence-corrected chi connectivity index (χ3v) is 3.74. The van der Waals surface area contributed by atoms with Crippen LogP contribution in [0.5, 0.6) is 0 Å². The van der Waals surface area contributed by atoms with Crippen LogP contribution in [0.3, 0.4) is 0 Å². The van der Waals surface area contributed by atoms with Crippen LogP contribution in [0, 0.1) is 17.2 Å². The molecule has 4 heteroatoms. The van der Waals surface area contributed by atoms with Crippen LogP contribution in [-0.2, 0) is 10.2 Å². The van der Waals surface area contributed by atoms with Crippen LogP contribution < -0.4 is 5.73 Å². The van der Waals surface area contributed by atoms with Crippen molar-refractivity contribution in [3.63, 3.8) is 0 Å². The quantitative estimate of drug-likeness (QED) is 0.838. The Hall–Kier alpha value is -2.02. The lowest BCUT2D eigenvalue weighted by atomic mass is 9.94. The number of nitriles is 1. The maximum atomic E-state index is 12.5. The number of hydrogen-bond donors (Lipinski definition) is 1. The lowest BCUT2D eigenvalue weighted by Gasteiger charge is -2.24. The van der Waals surface area contributed by atoms with Gasteiger partial charge in [0.05, 0.1) is 17.4 Å². The van der Waals surface area contributed by atoms with Gasteiger partial charge < -0.3 is 10.6 Å². The number of carbonyl (C=O) groups is 1. The number of carbonyl (C=O) groups excluding carboxylic acids is 1. The van der Waals surface area contributed by atoms with E-state index in [1.54, 1.807) is 11.9 Å². The molecule has 0 radical (unpaired) electrons. The first-order valence-corrected chi connectivity index (χ1v) is 6.51. The molecule has 0 aromatic heterocycles. The molecule has 2 rings (SSSR count). The summed E-state index contributed by atoms with van der Waals surface area (Å²) in [6, 6.07) is 9.69. The van der Waals surface area contributed by atoms with Crippen molar-refractivity contribution in [1.29, 1.82) is 5.26 Å². The molecular formula is C15H19N3O. The first-order valence-electron chi connectivity index (χ1n) is 6.51. The highest BCUT2D eigenvalue weighted by atomic mass is 16.2. The molecule has 0 aliphatic heterocycles. The van der Waals surface area contributed by atoms with E-state index in [-0.39, 0.29) is 17.2 Å². The summed E-state index contributed by atoms with van der Waals surface area (Å²) in [7, 11) is 1.77. The molecule has 2 N–H and O–H groups in total. The lowest BCUT2D eigenvalue weighted by molar-refractivity contribution is -0.132. The summed E-state index contributed by atoms with van der Waals surface area (Å²) >= 11 is 0. The Bertz CT molecular complexity index is 511. The Morgan fingerprint density at radius 1 is 1.47 bits per heavy atom. The van der Waals surface area contributed by atoms with Crippen LogP contribution in [0.15, 0.2) is 24.3 Å². The van der Waals surface area contributed by atoms with Crippen molar-refractivity contribution in [2.45, 2.75) is 25.2 Å². The molecule has 1 aromatic carbocycles. The van der Waals surface area contributed by atoms with E-state index >= 15 is 0 Å². The first-order chi connectivity index (χ1) is 8.99. The molecule has 0 spiro atoms. The number of nitrogens with zero attached hydrogens (tertiary/aromatic N) is 2. The average molecular weight is 257 g/mol. The van der Waals surface area contributed by atoms with E-state index < -0.39 is 0 Å². The Morgan fingerprint density at radius 2 is 2.05 bits per heavy atom. The van der Waals surface area contributed by atoms with Gasteiger partial charge >= 0.3 is 0 Å². The highest BCUT2D eigenvalue weighted by molar-refractivity contribution is 5.91. The Kier molecular flexibility index (Phi) is 3.48. The van der Waals surface area contributed by atoms with Gasteiger partial charge in [0.2, 0.25) is 5.91 Å². The second kappa shape index (κ2) is 4.93. The third-order valence-electron chi connectivity index (χ3n) is 3.74. The summed E-state index contributed by atoms with van der Waals surface area (Å²) in [5.41, 5.74) is 7.04. The molecule has 1 aromatic rings. The van der Waals surface area contributed by atoms with Crippen LogP contribution in [0.1, 0.15) is 25.3 Å². The molecule has 0 heterocycles. The molecular weight excluding hydrogens is 238 g/mol. The van der Waals surface area contributed by atoms with Gasteiger partial charge in [0.15, 0.2) is 0 Å². The minimum absolute atomic E-state index is 0.111.